The van der Waals surface area contributed by atoms with E-state index in [1.807, 2.05) is 0 Å². The number of halogens is 1. The van der Waals surface area contributed by atoms with Crippen LogP contribution < -0.4 is 0 Å². The first kappa shape index (κ1) is 15.5. The van der Waals surface area contributed by atoms with Crippen LogP contribution in [0.2, 0.25) is 0 Å². The third-order valence-corrected chi connectivity index (χ3v) is 3.90. The van der Waals surface area contributed by atoms with Crippen molar-refractivity contribution in [2.24, 2.45) is 5.92 Å². The number of rotatable bonds is 2. The lowest BCUT2D eigenvalue weighted by Gasteiger charge is -2.32. The van der Waals surface area contributed by atoms with E-state index >= 15 is 0 Å². The fourth-order valence-corrected chi connectivity index (χ4v) is 2.69. The van der Waals surface area contributed by atoms with Gasteiger partial charge in [0.05, 0.1) is 5.56 Å². The van der Waals surface area contributed by atoms with Gasteiger partial charge in [-0.1, -0.05) is 25.2 Å². The van der Waals surface area contributed by atoms with Gasteiger partial charge in [0.2, 0.25) is 0 Å². The van der Waals surface area contributed by atoms with Crippen LogP contribution in [0.15, 0.2) is 18.2 Å². The molecule has 1 aromatic rings. The van der Waals surface area contributed by atoms with Crippen molar-refractivity contribution >= 4 is 5.91 Å². The van der Waals surface area contributed by atoms with Crippen molar-refractivity contribution in [1.29, 1.82) is 0 Å². The van der Waals surface area contributed by atoms with Crippen LogP contribution in [0.1, 0.15) is 42.1 Å². The van der Waals surface area contributed by atoms with Gasteiger partial charge in [-0.2, -0.15) is 0 Å². The number of benzene rings is 1. The van der Waals surface area contributed by atoms with E-state index in [4.69, 9.17) is 5.11 Å². The summed E-state index contributed by atoms with van der Waals surface area (Å²) in [5, 5.41) is 8.78. The molecule has 1 fully saturated rings. The van der Waals surface area contributed by atoms with Gasteiger partial charge in [-0.05, 0) is 37.0 Å². The van der Waals surface area contributed by atoms with Crippen molar-refractivity contribution in [2.75, 3.05) is 19.7 Å². The number of aliphatic hydroxyl groups is 1. The van der Waals surface area contributed by atoms with Gasteiger partial charge >= 0.3 is 0 Å². The zero-order valence-electron chi connectivity index (χ0n) is 12.2. The van der Waals surface area contributed by atoms with Gasteiger partial charge in [0.15, 0.2) is 0 Å². The van der Waals surface area contributed by atoms with E-state index < -0.39 is 5.82 Å². The summed E-state index contributed by atoms with van der Waals surface area (Å²) < 4.78 is 13.5. The average Bonchev–Trinajstić information content (AvgIpc) is 2.53. The van der Waals surface area contributed by atoms with Crippen molar-refractivity contribution in [1.82, 2.24) is 4.90 Å². The Balaban J connectivity index is 2.27. The highest BCUT2D eigenvalue weighted by atomic mass is 19.1. The number of hydrogen-bond donors (Lipinski definition) is 1. The van der Waals surface area contributed by atoms with Crippen LogP contribution in [0.4, 0.5) is 4.39 Å². The normalized spacial score (nSPS) is 18.0. The Bertz CT molecular complexity index is 574. The Morgan fingerprint density at radius 1 is 1.52 bits per heavy atom. The highest BCUT2D eigenvalue weighted by molar-refractivity contribution is 5.96. The van der Waals surface area contributed by atoms with Crippen LogP contribution in [0.3, 0.4) is 0 Å². The predicted octanol–water partition coefficient (Wildman–Crippen LogP) is 2.43. The van der Waals surface area contributed by atoms with Crippen LogP contribution in [0.5, 0.6) is 0 Å². The molecular weight excluding hydrogens is 269 g/mol. The minimum atomic E-state index is -0.447. The SMILES string of the molecule is CCC1CCCN(C(=O)c2cc(F)ccc2C#CCO)C1. The van der Waals surface area contributed by atoms with E-state index in [1.165, 1.54) is 18.2 Å². The van der Waals surface area contributed by atoms with Crippen LogP contribution in [-0.4, -0.2) is 35.6 Å². The highest BCUT2D eigenvalue weighted by Gasteiger charge is 2.25. The smallest absolute Gasteiger partial charge is 0.255 e. The summed E-state index contributed by atoms with van der Waals surface area (Å²) in [6.07, 6.45) is 3.17. The summed E-state index contributed by atoms with van der Waals surface area (Å²) in [5.41, 5.74) is 0.752. The molecule has 3 nitrogen and oxygen atoms in total. The van der Waals surface area contributed by atoms with Crippen molar-refractivity contribution in [3.63, 3.8) is 0 Å². The lowest BCUT2D eigenvalue weighted by Crippen LogP contribution is -2.40. The maximum atomic E-state index is 13.5. The van der Waals surface area contributed by atoms with Crippen LogP contribution in [0.25, 0.3) is 0 Å². The van der Waals surface area contributed by atoms with Crippen molar-refractivity contribution in [3.05, 3.63) is 35.1 Å². The molecule has 0 saturated carbocycles. The molecule has 4 heteroatoms. The van der Waals surface area contributed by atoms with E-state index in [-0.39, 0.29) is 18.1 Å². The summed E-state index contributed by atoms with van der Waals surface area (Å²) in [6.45, 7) is 3.27. The Morgan fingerprint density at radius 3 is 3.05 bits per heavy atom. The van der Waals surface area contributed by atoms with E-state index in [9.17, 15) is 9.18 Å². The van der Waals surface area contributed by atoms with E-state index in [0.717, 1.165) is 25.8 Å². The topological polar surface area (TPSA) is 40.5 Å². The lowest BCUT2D eigenvalue weighted by molar-refractivity contribution is 0.0670. The van der Waals surface area contributed by atoms with Crippen LogP contribution >= 0.6 is 0 Å². The summed E-state index contributed by atoms with van der Waals surface area (Å²) in [6, 6.07) is 4.01. The van der Waals surface area contributed by atoms with Gasteiger partial charge in [0, 0.05) is 18.7 Å². The molecule has 1 saturated heterocycles. The maximum absolute atomic E-state index is 13.5. The number of piperidine rings is 1. The Hall–Kier alpha value is -1.86. The summed E-state index contributed by atoms with van der Waals surface area (Å²) >= 11 is 0. The van der Waals surface area contributed by atoms with Crippen LogP contribution in [0, 0.1) is 23.6 Å². The zero-order valence-corrected chi connectivity index (χ0v) is 12.2. The molecule has 0 radical (unpaired) electrons. The number of aliphatic hydroxyl groups excluding tert-OH is 1. The number of amides is 1. The molecule has 1 unspecified atom stereocenters. The fraction of sp³-hybridized carbons (Fsp3) is 0.471. The maximum Gasteiger partial charge on any atom is 0.255 e. The number of likely N-dealkylation sites (tertiary alicyclic amines) is 1. The Kier molecular flexibility index (Phi) is 5.35. The van der Waals surface area contributed by atoms with Crippen molar-refractivity contribution in [2.45, 2.75) is 26.2 Å². The third-order valence-electron chi connectivity index (χ3n) is 3.90. The predicted molar refractivity (Wildman–Crippen MR) is 79.3 cm³/mol. The summed E-state index contributed by atoms with van der Waals surface area (Å²) in [4.78, 5) is 14.4. The number of hydrogen-bond acceptors (Lipinski definition) is 2. The zero-order chi connectivity index (χ0) is 15.2. The molecule has 0 spiro atoms. The van der Waals surface area contributed by atoms with E-state index in [1.54, 1.807) is 4.90 Å². The van der Waals surface area contributed by atoms with Gasteiger partial charge in [-0.25, -0.2) is 4.39 Å². The number of carbonyl (C=O) groups is 1. The molecule has 1 aromatic carbocycles. The first-order valence-electron chi connectivity index (χ1n) is 7.34. The molecule has 112 valence electrons. The lowest BCUT2D eigenvalue weighted by atomic mass is 9.94. The van der Waals surface area contributed by atoms with E-state index in [2.05, 4.69) is 18.8 Å². The van der Waals surface area contributed by atoms with Crippen molar-refractivity contribution < 1.29 is 14.3 Å². The van der Waals surface area contributed by atoms with Gasteiger partial charge < -0.3 is 10.0 Å². The van der Waals surface area contributed by atoms with Crippen LogP contribution in [-0.2, 0) is 0 Å². The number of nitrogens with zero attached hydrogens (tertiary/aromatic N) is 1. The number of carbonyl (C=O) groups excluding carboxylic acids is 1. The molecular formula is C17H20FNO2. The molecule has 0 aromatic heterocycles. The molecule has 2 rings (SSSR count). The van der Waals surface area contributed by atoms with Gasteiger partial charge in [-0.15, -0.1) is 0 Å². The molecule has 1 heterocycles. The first-order chi connectivity index (χ1) is 10.2. The minimum absolute atomic E-state index is 0.171. The molecule has 1 N–H and O–H groups in total. The average molecular weight is 289 g/mol. The van der Waals surface area contributed by atoms with Gasteiger partial charge in [0.25, 0.3) is 5.91 Å². The molecule has 1 atom stereocenters. The quantitative estimate of drug-likeness (QED) is 0.850. The largest absolute Gasteiger partial charge is 0.384 e. The standard InChI is InChI=1S/C17H20FNO2/c1-2-13-5-3-9-19(12-13)17(21)16-11-15(18)8-7-14(16)6-4-10-20/h7-8,11,13,20H,2-3,5,9-10,12H2,1H3. The highest BCUT2D eigenvalue weighted by Crippen LogP contribution is 2.22. The monoisotopic (exact) mass is 289 g/mol. The molecule has 0 aliphatic carbocycles. The van der Waals surface area contributed by atoms with Gasteiger partial charge in [0.1, 0.15) is 12.4 Å². The molecule has 1 amide bonds. The second kappa shape index (κ2) is 7.24. The summed E-state index contributed by atoms with van der Waals surface area (Å²) in [7, 11) is 0. The molecule has 21 heavy (non-hydrogen) atoms. The Labute approximate surface area is 124 Å². The second-order valence-corrected chi connectivity index (χ2v) is 5.32. The Morgan fingerprint density at radius 2 is 2.33 bits per heavy atom. The third kappa shape index (κ3) is 3.83. The summed E-state index contributed by atoms with van der Waals surface area (Å²) in [5.74, 6) is 5.13. The molecule has 1 aliphatic heterocycles. The molecule has 0 bridgehead atoms. The van der Waals surface area contributed by atoms with E-state index in [0.29, 0.717) is 18.0 Å². The second-order valence-electron chi connectivity index (χ2n) is 5.32. The van der Waals surface area contributed by atoms with Crippen molar-refractivity contribution in [3.8, 4) is 11.8 Å². The first-order valence-corrected chi connectivity index (χ1v) is 7.34. The minimum Gasteiger partial charge on any atom is -0.384 e. The molecule has 1 aliphatic rings. The fourth-order valence-electron chi connectivity index (χ4n) is 2.69. The van der Waals surface area contributed by atoms with Gasteiger partial charge in [-0.3, -0.25) is 4.79 Å².